The number of aliphatic hydroxyl groups excluding tert-OH is 1. The maximum Gasteiger partial charge on any atom is 0.164 e. The van der Waals surface area contributed by atoms with Crippen molar-refractivity contribution in [3.05, 3.63) is 82.9 Å². The number of aryl methyl sites for hydroxylation is 1. The average molecular weight is 464 g/mol. The second-order valence-corrected chi connectivity index (χ2v) is 8.49. The van der Waals surface area contributed by atoms with E-state index in [0.29, 0.717) is 37.6 Å². The van der Waals surface area contributed by atoms with E-state index >= 15 is 0 Å². The van der Waals surface area contributed by atoms with Crippen LogP contribution in [0.2, 0.25) is 0 Å². The summed E-state index contributed by atoms with van der Waals surface area (Å²) in [5.41, 5.74) is 4.24. The molecule has 0 fully saturated rings. The first kappa shape index (κ1) is 23.9. The average Bonchev–Trinajstić information content (AvgIpc) is 3.08. The van der Waals surface area contributed by atoms with E-state index in [4.69, 9.17) is 18.9 Å². The number of rotatable bonds is 9. The van der Waals surface area contributed by atoms with Crippen molar-refractivity contribution in [2.45, 2.75) is 32.0 Å². The molecular weight excluding hydrogens is 430 g/mol. The van der Waals surface area contributed by atoms with Crippen LogP contribution in [0.5, 0.6) is 23.0 Å². The van der Waals surface area contributed by atoms with Gasteiger partial charge in [-0.2, -0.15) is 0 Å². The Bertz CT molecular complexity index is 1090. The van der Waals surface area contributed by atoms with Gasteiger partial charge < -0.3 is 24.1 Å². The van der Waals surface area contributed by atoms with Gasteiger partial charge in [-0.05, 0) is 42.2 Å². The summed E-state index contributed by atoms with van der Waals surface area (Å²) in [7, 11) is 4.91. The van der Waals surface area contributed by atoms with Crippen molar-refractivity contribution in [3.8, 4) is 23.0 Å². The lowest BCUT2D eigenvalue weighted by atomic mass is 9.99. The van der Waals surface area contributed by atoms with Gasteiger partial charge in [0.2, 0.25) is 0 Å². The summed E-state index contributed by atoms with van der Waals surface area (Å²) >= 11 is 0. The van der Waals surface area contributed by atoms with Gasteiger partial charge in [0, 0.05) is 36.8 Å². The summed E-state index contributed by atoms with van der Waals surface area (Å²) in [6.07, 6.45) is 0.991. The molecule has 1 N–H and O–H groups in total. The van der Waals surface area contributed by atoms with E-state index in [9.17, 15) is 5.11 Å². The monoisotopic (exact) mass is 463 g/mol. The van der Waals surface area contributed by atoms with Crippen molar-refractivity contribution in [3.63, 3.8) is 0 Å². The minimum atomic E-state index is -0.520. The van der Waals surface area contributed by atoms with Crippen molar-refractivity contribution in [2.24, 2.45) is 0 Å². The predicted octanol–water partition coefficient (Wildman–Crippen LogP) is 4.77. The molecular formula is C28H33NO5. The number of ether oxygens (including phenoxy) is 4. The fourth-order valence-electron chi connectivity index (χ4n) is 4.38. The van der Waals surface area contributed by atoms with E-state index in [-0.39, 0.29) is 0 Å². The third-order valence-corrected chi connectivity index (χ3v) is 6.26. The largest absolute Gasteiger partial charge is 0.496 e. The van der Waals surface area contributed by atoms with E-state index in [1.54, 1.807) is 21.3 Å². The van der Waals surface area contributed by atoms with Crippen molar-refractivity contribution < 1.29 is 24.1 Å². The molecule has 0 radical (unpaired) electrons. The van der Waals surface area contributed by atoms with Crippen LogP contribution in [0.15, 0.2) is 60.7 Å². The van der Waals surface area contributed by atoms with Crippen LogP contribution >= 0.6 is 0 Å². The highest BCUT2D eigenvalue weighted by Gasteiger charge is 2.20. The van der Waals surface area contributed by atoms with E-state index < -0.39 is 6.10 Å². The van der Waals surface area contributed by atoms with Crippen molar-refractivity contribution >= 4 is 0 Å². The van der Waals surface area contributed by atoms with Gasteiger partial charge in [-0.1, -0.05) is 36.4 Å². The van der Waals surface area contributed by atoms with Crippen LogP contribution in [0.4, 0.5) is 0 Å². The number of nitrogens with zero attached hydrogens (tertiary/aromatic N) is 1. The first-order valence-electron chi connectivity index (χ1n) is 11.6. The van der Waals surface area contributed by atoms with Crippen LogP contribution in [0.1, 0.15) is 34.8 Å². The SMILES string of the molecule is COc1cc(OC)c(OC)cc1CN1CCOc2ccc([C@H](O)CCc3ccccc3)cc2C1. The van der Waals surface area contributed by atoms with E-state index in [1.807, 2.05) is 42.5 Å². The Morgan fingerprint density at radius 1 is 0.912 bits per heavy atom. The van der Waals surface area contributed by atoms with Crippen molar-refractivity contribution in [1.29, 1.82) is 0 Å². The molecule has 3 aromatic rings. The number of benzene rings is 3. The van der Waals surface area contributed by atoms with Gasteiger partial charge in [-0.25, -0.2) is 0 Å². The van der Waals surface area contributed by atoms with Crippen LogP contribution in [0, 0.1) is 0 Å². The highest BCUT2D eigenvalue weighted by atomic mass is 16.5. The zero-order chi connectivity index (χ0) is 23.9. The molecule has 0 aromatic heterocycles. The summed E-state index contributed by atoms with van der Waals surface area (Å²) < 4.78 is 22.5. The first-order valence-corrected chi connectivity index (χ1v) is 11.6. The lowest BCUT2D eigenvalue weighted by Gasteiger charge is -2.22. The van der Waals surface area contributed by atoms with Crippen LogP contribution < -0.4 is 18.9 Å². The molecule has 6 heteroatoms. The molecule has 1 heterocycles. The van der Waals surface area contributed by atoms with E-state index in [0.717, 1.165) is 41.2 Å². The molecule has 0 saturated heterocycles. The molecule has 0 saturated carbocycles. The zero-order valence-corrected chi connectivity index (χ0v) is 20.1. The Morgan fingerprint density at radius 3 is 2.38 bits per heavy atom. The maximum atomic E-state index is 10.8. The number of hydrogen-bond donors (Lipinski definition) is 1. The highest BCUT2D eigenvalue weighted by molar-refractivity contribution is 5.50. The molecule has 4 rings (SSSR count). The topological polar surface area (TPSA) is 60.4 Å². The molecule has 0 amide bonds. The standard InChI is InChI=1S/C28H33NO5/c1-31-26-17-28(33-3)27(32-2)16-23(26)19-29-13-14-34-25-12-10-21(15-22(25)18-29)24(30)11-9-20-7-5-4-6-8-20/h4-8,10,12,15-17,24,30H,9,11,13-14,18-19H2,1-3H3/t24-/m1/s1. The van der Waals surface area contributed by atoms with Crippen LogP contribution in [0.25, 0.3) is 0 Å². The zero-order valence-electron chi connectivity index (χ0n) is 20.1. The quantitative estimate of drug-likeness (QED) is 0.493. The van der Waals surface area contributed by atoms with Crippen molar-refractivity contribution in [1.82, 2.24) is 4.90 Å². The predicted molar refractivity (Wildman–Crippen MR) is 132 cm³/mol. The summed E-state index contributed by atoms with van der Waals surface area (Å²) in [6, 6.07) is 20.1. The Hall–Kier alpha value is -3.22. The summed E-state index contributed by atoms with van der Waals surface area (Å²) in [4.78, 5) is 2.32. The van der Waals surface area contributed by atoms with Gasteiger partial charge in [0.1, 0.15) is 18.1 Å². The number of fused-ring (bicyclic) bond motifs is 1. The highest BCUT2D eigenvalue weighted by Crippen LogP contribution is 2.36. The summed E-state index contributed by atoms with van der Waals surface area (Å²) in [5, 5.41) is 10.8. The van der Waals surface area contributed by atoms with Gasteiger partial charge >= 0.3 is 0 Å². The molecule has 0 aliphatic carbocycles. The summed E-state index contributed by atoms with van der Waals surface area (Å²) in [6.45, 7) is 2.76. The van der Waals surface area contributed by atoms with Gasteiger partial charge in [0.25, 0.3) is 0 Å². The Labute approximate surface area is 201 Å². The number of methoxy groups -OCH3 is 3. The normalized spacial score (nSPS) is 14.5. The van der Waals surface area contributed by atoms with Crippen LogP contribution in [0.3, 0.4) is 0 Å². The number of hydrogen-bond acceptors (Lipinski definition) is 6. The Morgan fingerprint density at radius 2 is 1.65 bits per heavy atom. The molecule has 0 spiro atoms. The van der Waals surface area contributed by atoms with Crippen molar-refractivity contribution in [2.75, 3.05) is 34.5 Å². The van der Waals surface area contributed by atoms with E-state index in [2.05, 4.69) is 23.1 Å². The first-order chi connectivity index (χ1) is 16.6. The lowest BCUT2D eigenvalue weighted by molar-refractivity contribution is 0.167. The lowest BCUT2D eigenvalue weighted by Crippen LogP contribution is -2.25. The molecule has 180 valence electrons. The molecule has 0 bridgehead atoms. The molecule has 3 aromatic carbocycles. The van der Waals surface area contributed by atoms with Gasteiger partial charge in [0.15, 0.2) is 11.5 Å². The van der Waals surface area contributed by atoms with Gasteiger partial charge in [-0.3, -0.25) is 4.90 Å². The second kappa shape index (κ2) is 11.3. The molecule has 1 aliphatic heterocycles. The fourth-order valence-corrected chi connectivity index (χ4v) is 4.38. The third-order valence-electron chi connectivity index (χ3n) is 6.26. The van der Waals surface area contributed by atoms with Crippen LogP contribution in [-0.2, 0) is 19.5 Å². The maximum absolute atomic E-state index is 10.8. The minimum Gasteiger partial charge on any atom is -0.496 e. The fraction of sp³-hybridized carbons (Fsp3) is 0.357. The molecule has 0 unspecified atom stereocenters. The Balaban J connectivity index is 1.49. The van der Waals surface area contributed by atoms with E-state index in [1.165, 1.54) is 5.56 Å². The Kier molecular flexibility index (Phi) is 7.93. The smallest absolute Gasteiger partial charge is 0.164 e. The molecule has 1 atom stereocenters. The van der Waals surface area contributed by atoms with Gasteiger partial charge in [-0.15, -0.1) is 0 Å². The minimum absolute atomic E-state index is 0.520. The van der Waals surface area contributed by atoms with Crippen LogP contribution in [-0.4, -0.2) is 44.5 Å². The number of aliphatic hydroxyl groups is 1. The summed E-state index contributed by atoms with van der Waals surface area (Å²) in [5.74, 6) is 2.95. The molecule has 1 aliphatic rings. The molecule has 34 heavy (non-hydrogen) atoms. The van der Waals surface area contributed by atoms with Gasteiger partial charge in [0.05, 0.1) is 27.4 Å². The second-order valence-electron chi connectivity index (χ2n) is 8.49. The molecule has 6 nitrogen and oxygen atoms in total. The third kappa shape index (κ3) is 5.64.